The number of piperazine rings is 1. The summed E-state index contributed by atoms with van der Waals surface area (Å²) in [4.78, 5) is 30.2. The SMILES string of the molecule is COc1cc(OC)cc(C(=O)N2CCN(C(=O)c3nn(-c4ccccc4C)c4c3CCC4)CC2)c1. The summed E-state index contributed by atoms with van der Waals surface area (Å²) in [6.07, 6.45) is 2.83. The summed E-state index contributed by atoms with van der Waals surface area (Å²) in [5.74, 6) is 0.990. The second kappa shape index (κ2) is 9.44. The van der Waals surface area contributed by atoms with E-state index in [9.17, 15) is 9.59 Å². The minimum Gasteiger partial charge on any atom is -0.497 e. The fourth-order valence-electron chi connectivity index (χ4n) is 4.99. The fourth-order valence-corrected chi connectivity index (χ4v) is 4.99. The maximum Gasteiger partial charge on any atom is 0.274 e. The number of para-hydroxylation sites is 1. The van der Waals surface area contributed by atoms with Crippen LogP contribution in [0.2, 0.25) is 0 Å². The number of fused-ring (bicyclic) bond motifs is 1. The lowest BCUT2D eigenvalue weighted by molar-refractivity contribution is 0.0531. The first-order chi connectivity index (χ1) is 17.0. The van der Waals surface area contributed by atoms with E-state index in [1.165, 1.54) is 0 Å². The Bertz CT molecular complexity index is 1250. The van der Waals surface area contributed by atoms with Crippen molar-refractivity contribution in [1.29, 1.82) is 0 Å². The lowest BCUT2D eigenvalue weighted by atomic mass is 10.1. The van der Waals surface area contributed by atoms with Crippen molar-refractivity contribution in [2.24, 2.45) is 0 Å². The van der Waals surface area contributed by atoms with Crippen molar-refractivity contribution in [2.75, 3.05) is 40.4 Å². The third-order valence-electron chi connectivity index (χ3n) is 6.93. The molecule has 0 unspecified atom stereocenters. The summed E-state index contributed by atoms with van der Waals surface area (Å²) in [5, 5.41) is 4.80. The lowest BCUT2D eigenvalue weighted by Gasteiger charge is -2.34. The molecular formula is C27H30N4O4. The van der Waals surface area contributed by atoms with Crippen LogP contribution in [0.25, 0.3) is 5.69 Å². The second-order valence-corrected chi connectivity index (χ2v) is 9.01. The predicted molar refractivity (Wildman–Crippen MR) is 132 cm³/mol. The zero-order chi connectivity index (χ0) is 24.5. The summed E-state index contributed by atoms with van der Waals surface area (Å²) in [5.41, 5.74) is 5.43. The number of carbonyl (C=O) groups is 2. The summed E-state index contributed by atoms with van der Waals surface area (Å²) in [6.45, 7) is 3.93. The fraction of sp³-hybridized carbons (Fsp3) is 0.370. The Hall–Kier alpha value is -3.81. The maximum absolute atomic E-state index is 13.5. The van der Waals surface area contributed by atoms with Crippen LogP contribution in [0.4, 0.5) is 0 Å². The van der Waals surface area contributed by atoms with E-state index in [4.69, 9.17) is 14.6 Å². The Labute approximate surface area is 205 Å². The van der Waals surface area contributed by atoms with Crippen LogP contribution >= 0.6 is 0 Å². The van der Waals surface area contributed by atoms with Crippen LogP contribution in [0.1, 0.15) is 44.1 Å². The highest BCUT2D eigenvalue weighted by Gasteiger charge is 2.32. The van der Waals surface area contributed by atoms with E-state index in [0.717, 1.165) is 41.8 Å². The average Bonchev–Trinajstić information content (AvgIpc) is 3.51. The van der Waals surface area contributed by atoms with Crippen LogP contribution in [-0.2, 0) is 12.8 Å². The highest BCUT2D eigenvalue weighted by atomic mass is 16.5. The van der Waals surface area contributed by atoms with Crippen LogP contribution in [-0.4, -0.2) is 71.8 Å². The van der Waals surface area contributed by atoms with Crippen molar-refractivity contribution in [3.63, 3.8) is 0 Å². The topological polar surface area (TPSA) is 76.9 Å². The number of ether oxygens (including phenoxy) is 2. The first kappa shape index (κ1) is 23.0. The molecule has 5 rings (SSSR count). The Morgan fingerprint density at radius 2 is 1.49 bits per heavy atom. The van der Waals surface area contributed by atoms with E-state index >= 15 is 0 Å². The second-order valence-electron chi connectivity index (χ2n) is 9.01. The molecule has 1 aliphatic carbocycles. The lowest BCUT2D eigenvalue weighted by Crippen LogP contribution is -2.50. The zero-order valence-corrected chi connectivity index (χ0v) is 20.4. The number of benzene rings is 2. The number of carbonyl (C=O) groups excluding carboxylic acids is 2. The molecule has 0 radical (unpaired) electrons. The van der Waals surface area contributed by atoms with Gasteiger partial charge >= 0.3 is 0 Å². The smallest absolute Gasteiger partial charge is 0.274 e. The van der Waals surface area contributed by atoms with Gasteiger partial charge in [-0.1, -0.05) is 18.2 Å². The zero-order valence-electron chi connectivity index (χ0n) is 20.4. The average molecular weight is 475 g/mol. The van der Waals surface area contributed by atoms with Crippen molar-refractivity contribution in [1.82, 2.24) is 19.6 Å². The first-order valence-electron chi connectivity index (χ1n) is 12.0. The van der Waals surface area contributed by atoms with Crippen molar-refractivity contribution < 1.29 is 19.1 Å². The molecule has 0 N–H and O–H groups in total. The highest BCUT2D eigenvalue weighted by Crippen LogP contribution is 2.30. The summed E-state index contributed by atoms with van der Waals surface area (Å²) in [6, 6.07) is 13.3. The van der Waals surface area contributed by atoms with E-state index in [-0.39, 0.29) is 11.8 Å². The number of hydrogen-bond acceptors (Lipinski definition) is 5. The molecule has 2 aliphatic rings. The molecule has 0 saturated carbocycles. The minimum absolute atomic E-state index is 0.0503. The summed E-state index contributed by atoms with van der Waals surface area (Å²) in [7, 11) is 3.12. The first-order valence-corrected chi connectivity index (χ1v) is 12.0. The van der Waals surface area contributed by atoms with Crippen LogP contribution in [0.3, 0.4) is 0 Å². The largest absolute Gasteiger partial charge is 0.497 e. The van der Waals surface area contributed by atoms with E-state index < -0.39 is 0 Å². The van der Waals surface area contributed by atoms with Crippen molar-refractivity contribution in [2.45, 2.75) is 26.2 Å². The van der Waals surface area contributed by atoms with Gasteiger partial charge in [0.15, 0.2) is 5.69 Å². The molecule has 182 valence electrons. The number of nitrogens with zero attached hydrogens (tertiary/aromatic N) is 4. The quantitative estimate of drug-likeness (QED) is 0.567. The molecule has 0 atom stereocenters. The van der Waals surface area contributed by atoms with Crippen molar-refractivity contribution in [3.8, 4) is 17.2 Å². The molecule has 2 amide bonds. The van der Waals surface area contributed by atoms with Crippen molar-refractivity contribution in [3.05, 3.63) is 70.5 Å². The molecule has 1 aromatic heterocycles. The normalized spacial score (nSPS) is 15.2. The van der Waals surface area contributed by atoms with Crippen molar-refractivity contribution >= 4 is 11.8 Å². The van der Waals surface area contributed by atoms with Gasteiger partial charge in [-0.15, -0.1) is 0 Å². The van der Waals surface area contributed by atoms with Gasteiger partial charge in [0.1, 0.15) is 11.5 Å². The Morgan fingerprint density at radius 3 is 2.11 bits per heavy atom. The third kappa shape index (κ3) is 4.24. The van der Waals surface area contributed by atoms with Gasteiger partial charge in [0.25, 0.3) is 11.8 Å². The van der Waals surface area contributed by atoms with Crippen LogP contribution < -0.4 is 9.47 Å². The van der Waals surface area contributed by atoms with Crippen LogP contribution in [0, 0.1) is 6.92 Å². The number of amides is 2. The van der Waals surface area contributed by atoms with Gasteiger partial charge in [0.2, 0.25) is 0 Å². The molecule has 1 aliphatic heterocycles. The van der Waals surface area contributed by atoms with Gasteiger partial charge < -0.3 is 19.3 Å². The molecule has 35 heavy (non-hydrogen) atoms. The number of aryl methyl sites for hydroxylation is 1. The van der Waals surface area contributed by atoms with Crippen LogP contribution in [0.5, 0.6) is 11.5 Å². The summed E-state index contributed by atoms with van der Waals surface area (Å²) < 4.78 is 12.6. The summed E-state index contributed by atoms with van der Waals surface area (Å²) >= 11 is 0. The Balaban J connectivity index is 1.32. The standard InChI is InChI=1S/C27H30N4O4/c1-18-7-4-5-9-23(18)31-24-10-6-8-22(24)25(28-31)27(33)30-13-11-29(12-14-30)26(32)19-15-20(34-2)17-21(16-19)35-3/h4-5,7,9,15-17H,6,8,10-14H2,1-3H3. The molecule has 1 fully saturated rings. The van der Waals surface area contributed by atoms with Gasteiger partial charge in [-0.05, 0) is 49.9 Å². The molecule has 2 heterocycles. The molecule has 0 bridgehead atoms. The number of aromatic nitrogens is 2. The highest BCUT2D eigenvalue weighted by molar-refractivity contribution is 5.96. The van der Waals surface area contributed by atoms with Gasteiger partial charge in [-0.2, -0.15) is 5.10 Å². The maximum atomic E-state index is 13.5. The molecule has 1 saturated heterocycles. The van der Waals surface area contributed by atoms with E-state index in [2.05, 4.69) is 13.0 Å². The molecule has 3 aromatic rings. The number of rotatable bonds is 5. The Kier molecular flexibility index (Phi) is 6.19. The van der Waals surface area contributed by atoms with Gasteiger partial charge in [0, 0.05) is 49.1 Å². The van der Waals surface area contributed by atoms with E-state index in [0.29, 0.717) is 48.9 Å². The number of methoxy groups -OCH3 is 2. The molecule has 2 aromatic carbocycles. The van der Waals surface area contributed by atoms with Crippen LogP contribution in [0.15, 0.2) is 42.5 Å². The van der Waals surface area contributed by atoms with Gasteiger partial charge in [-0.3, -0.25) is 9.59 Å². The van der Waals surface area contributed by atoms with E-state index in [1.54, 1.807) is 37.3 Å². The van der Waals surface area contributed by atoms with Gasteiger partial charge in [0.05, 0.1) is 19.9 Å². The monoisotopic (exact) mass is 474 g/mol. The van der Waals surface area contributed by atoms with Gasteiger partial charge in [-0.25, -0.2) is 4.68 Å². The molecule has 8 heteroatoms. The van der Waals surface area contributed by atoms with E-state index in [1.807, 2.05) is 27.8 Å². The number of hydrogen-bond donors (Lipinski definition) is 0. The molecular weight excluding hydrogens is 444 g/mol. The minimum atomic E-state index is -0.0981. The molecule has 0 spiro atoms. The Morgan fingerprint density at radius 1 is 0.857 bits per heavy atom. The molecule has 8 nitrogen and oxygen atoms in total. The third-order valence-corrected chi connectivity index (χ3v) is 6.93. The predicted octanol–water partition coefficient (Wildman–Crippen LogP) is 3.28.